The van der Waals surface area contributed by atoms with Gasteiger partial charge in [-0.2, -0.15) is 0 Å². The minimum Gasteiger partial charge on any atom is -0.380 e. The van der Waals surface area contributed by atoms with Gasteiger partial charge < -0.3 is 33.7 Å². The highest BCUT2D eigenvalue weighted by atomic mass is 16.5. The van der Waals surface area contributed by atoms with E-state index in [1.54, 1.807) is 4.68 Å². The fourth-order valence-electron chi connectivity index (χ4n) is 2.95. The third kappa shape index (κ3) is 19.7. The SMILES string of the molecule is C#CCOCC(COCC#C)(COCC#C)COCc1cn(CCOCC)nn1.CCOCCNC(=O)CC. The Hall–Kier alpha value is -2.95. The van der Waals surface area contributed by atoms with Crippen LogP contribution in [-0.2, 0) is 46.4 Å². The molecule has 1 N–H and O–H groups in total. The quantitative estimate of drug-likeness (QED) is 0.169. The number of rotatable bonds is 22. The van der Waals surface area contributed by atoms with Crippen LogP contribution in [0, 0.1) is 42.4 Å². The Morgan fingerprint density at radius 3 is 1.92 bits per heavy atom. The van der Waals surface area contributed by atoms with E-state index in [1.807, 2.05) is 27.0 Å². The Labute approximate surface area is 233 Å². The van der Waals surface area contributed by atoms with Crippen LogP contribution in [0.3, 0.4) is 0 Å². The van der Waals surface area contributed by atoms with E-state index in [2.05, 4.69) is 33.4 Å². The van der Waals surface area contributed by atoms with E-state index >= 15 is 0 Å². The first-order chi connectivity index (χ1) is 19.0. The highest BCUT2D eigenvalue weighted by Gasteiger charge is 2.32. The largest absolute Gasteiger partial charge is 0.380 e. The lowest BCUT2D eigenvalue weighted by Gasteiger charge is -2.32. The number of hydrogen-bond donors (Lipinski definition) is 1. The second-order valence-electron chi connectivity index (χ2n) is 8.15. The van der Waals surface area contributed by atoms with Gasteiger partial charge in [-0.3, -0.25) is 4.79 Å². The topological polar surface area (TPSA) is 115 Å². The number of carbonyl (C=O) groups is 1. The predicted octanol–water partition coefficient (Wildman–Crippen LogP) is 1.32. The Kier molecular flexibility index (Phi) is 23.4. The van der Waals surface area contributed by atoms with Crippen LogP contribution in [-0.4, -0.2) is 100 Å². The van der Waals surface area contributed by atoms with E-state index in [-0.39, 0.29) is 58.8 Å². The lowest BCUT2D eigenvalue weighted by Crippen LogP contribution is -2.42. The minimum absolute atomic E-state index is 0.0831. The maximum absolute atomic E-state index is 10.6. The number of terminal acetylenes is 3. The van der Waals surface area contributed by atoms with Crippen molar-refractivity contribution >= 4 is 5.91 Å². The van der Waals surface area contributed by atoms with E-state index in [0.29, 0.717) is 51.6 Å². The lowest BCUT2D eigenvalue weighted by atomic mass is 9.92. The molecule has 0 atom stereocenters. The number of ether oxygens (including phenoxy) is 6. The summed E-state index contributed by atoms with van der Waals surface area (Å²) < 4.78 is 34.5. The molecule has 1 heterocycles. The van der Waals surface area contributed by atoms with Crippen LogP contribution in [0.25, 0.3) is 0 Å². The molecule has 0 aliphatic heterocycles. The summed E-state index contributed by atoms with van der Waals surface area (Å²) in [6.45, 7) is 11.4. The smallest absolute Gasteiger partial charge is 0.219 e. The van der Waals surface area contributed by atoms with Crippen molar-refractivity contribution in [2.24, 2.45) is 5.41 Å². The summed E-state index contributed by atoms with van der Waals surface area (Å²) in [5.74, 6) is 7.40. The fraction of sp³-hybridized carbons (Fsp3) is 0.679. The standard InChI is InChI=1S/C21H29N3O5.C7H15NO2/c1-5-10-26-16-21(17-27-11-6-2,18-28-12-7-3)19-29-15-20-14-24(23-22-20)9-13-25-8-4;1-3-7(9)8-5-6-10-4-2/h1-3,14H,8-13,15-19H2,4H3;3-6H2,1-2H3,(H,8,9). The van der Waals surface area contributed by atoms with Gasteiger partial charge in [-0.05, 0) is 13.8 Å². The van der Waals surface area contributed by atoms with Crippen molar-refractivity contribution in [2.75, 3.05) is 79.2 Å². The summed E-state index contributed by atoms with van der Waals surface area (Å²) in [6, 6.07) is 0. The van der Waals surface area contributed by atoms with Gasteiger partial charge in [0.15, 0.2) is 0 Å². The Bertz CT molecular complexity index is 820. The van der Waals surface area contributed by atoms with Crippen molar-refractivity contribution in [1.82, 2.24) is 20.3 Å². The zero-order valence-electron chi connectivity index (χ0n) is 23.6. The average molecular weight is 549 g/mol. The molecule has 39 heavy (non-hydrogen) atoms. The molecule has 0 bridgehead atoms. The lowest BCUT2D eigenvalue weighted by molar-refractivity contribution is -0.121. The van der Waals surface area contributed by atoms with Crippen LogP contribution >= 0.6 is 0 Å². The summed E-state index contributed by atoms with van der Waals surface area (Å²) in [5, 5.41) is 10.9. The molecule has 0 unspecified atom stereocenters. The number of aromatic nitrogens is 3. The van der Waals surface area contributed by atoms with Crippen LogP contribution in [0.2, 0.25) is 0 Å². The van der Waals surface area contributed by atoms with Gasteiger partial charge in [0.1, 0.15) is 25.5 Å². The molecule has 1 amide bonds. The average Bonchev–Trinajstić information content (AvgIpc) is 3.39. The summed E-state index contributed by atoms with van der Waals surface area (Å²) in [5.41, 5.74) is 0.0872. The van der Waals surface area contributed by atoms with Crippen LogP contribution in [0.5, 0.6) is 0 Å². The fourth-order valence-corrected chi connectivity index (χ4v) is 2.95. The maximum atomic E-state index is 10.6. The van der Waals surface area contributed by atoms with Crippen molar-refractivity contribution in [3.8, 4) is 37.0 Å². The zero-order valence-corrected chi connectivity index (χ0v) is 23.6. The molecule has 0 fully saturated rings. The summed E-state index contributed by atoms with van der Waals surface area (Å²) >= 11 is 0. The van der Waals surface area contributed by atoms with Crippen LogP contribution < -0.4 is 5.32 Å². The number of amides is 1. The van der Waals surface area contributed by atoms with E-state index in [0.717, 1.165) is 0 Å². The van der Waals surface area contributed by atoms with Crippen LogP contribution in [0.15, 0.2) is 6.20 Å². The van der Waals surface area contributed by atoms with Crippen molar-refractivity contribution in [1.29, 1.82) is 0 Å². The van der Waals surface area contributed by atoms with Gasteiger partial charge in [0, 0.05) is 26.2 Å². The molecule has 0 saturated carbocycles. The molecule has 1 aromatic rings. The molecule has 1 rings (SSSR count). The van der Waals surface area contributed by atoms with Crippen molar-refractivity contribution in [3.63, 3.8) is 0 Å². The van der Waals surface area contributed by atoms with E-state index in [9.17, 15) is 4.79 Å². The first-order valence-corrected chi connectivity index (χ1v) is 12.9. The Morgan fingerprint density at radius 1 is 0.872 bits per heavy atom. The second kappa shape index (κ2) is 25.3. The van der Waals surface area contributed by atoms with Crippen molar-refractivity contribution in [3.05, 3.63) is 11.9 Å². The van der Waals surface area contributed by atoms with Gasteiger partial charge in [0.25, 0.3) is 0 Å². The molecule has 0 saturated heterocycles. The van der Waals surface area contributed by atoms with Gasteiger partial charge in [-0.25, -0.2) is 4.68 Å². The first-order valence-electron chi connectivity index (χ1n) is 12.9. The van der Waals surface area contributed by atoms with Gasteiger partial charge in [0.2, 0.25) is 5.91 Å². The number of hydrogen-bond acceptors (Lipinski definition) is 9. The van der Waals surface area contributed by atoms with Crippen LogP contribution in [0.1, 0.15) is 32.9 Å². The van der Waals surface area contributed by atoms with Gasteiger partial charge in [-0.15, -0.1) is 24.4 Å². The molecular weight excluding hydrogens is 504 g/mol. The third-order valence-electron chi connectivity index (χ3n) is 4.79. The van der Waals surface area contributed by atoms with Crippen molar-refractivity contribution < 1.29 is 33.2 Å². The maximum Gasteiger partial charge on any atom is 0.219 e. The van der Waals surface area contributed by atoms with Crippen molar-refractivity contribution in [2.45, 2.75) is 40.3 Å². The number of nitrogens with zero attached hydrogens (tertiary/aromatic N) is 3. The molecular formula is C28H44N4O7. The molecule has 0 radical (unpaired) electrons. The Morgan fingerprint density at radius 2 is 1.41 bits per heavy atom. The zero-order chi connectivity index (χ0) is 29.0. The molecule has 0 aromatic carbocycles. The van der Waals surface area contributed by atoms with Gasteiger partial charge >= 0.3 is 0 Å². The predicted molar refractivity (Wildman–Crippen MR) is 147 cm³/mol. The normalized spacial score (nSPS) is 10.6. The van der Waals surface area contributed by atoms with Gasteiger partial charge in [-0.1, -0.05) is 29.9 Å². The molecule has 1 aromatic heterocycles. The number of nitrogens with one attached hydrogen (secondary N) is 1. The van der Waals surface area contributed by atoms with E-state index < -0.39 is 5.41 Å². The molecule has 0 aliphatic rings. The third-order valence-corrected chi connectivity index (χ3v) is 4.79. The Balaban J connectivity index is 0.00000122. The molecule has 11 heteroatoms. The van der Waals surface area contributed by atoms with E-state index in [1.165, 1.54) is 0 Å². The highest BCUT2D eigenvalue weighted by molar-refractivity contribution is 5.75. The summed E-state index contributed by atoms with van der Waals surface area (Å²) in [4.78, 5) is 10.6. The van der Waals surface area contributed by atoms with Gasteiger partial charge in [0.05, 0.1) is 64.4 Å². The molecule has 218 valence electrons. The molecule has 0 spiro atoms. The van der Waals surface area contributed by atoms with E-state index in [4.69, 9.17) is 47.7 Å². The number of carbonyl (C=O) groups excluding carboxylic acids is 1. The highest BCUT2D eigenvalue weighted by Crippen LogP contribution is 2.21. The second-order valence-corrected chi connectivity index (χ2v) is 8.15. The molecule has 0 aliphatic carbocycles. The summed E-state index contributed by atoms with van der Waals surface area (Å²) in [7, 11) is 0. The molecule has 11 nitrogen and oxygen atoms in total. The van der Waals surface area contributed by atoms with Crippen LogP contribution in [0.4, 0.5) is 0 Å². The minimum atomic E-state index is -0.616. The monoisotopic (exact) mass is 548 g/mol. The summed E-state index contributed by atoms with van der Waals surface area (Å²) in [6.07, 6.45) is 18.2. The first kappa shape index (κ1) is 36.0.